The summed E-state index contributed by atoms with van der Waals surface area (Å²) in [5, 5.41) is 1.20. The zero-order valence-corrected chi connectivity index (χ0v) is 19.9. The number of anilines is 2. The molecule has 5 heterocycles. The predicted octanol–water partition coefficient (Wildman–Crippen LogP) is 4.04. The van der Waals surface area contributed by atoms with Gasteiger partial charge in [0.1, 0.15) is 22.2 Å². The maximum absolute atomic E-state index is 6.66. The van der Waals surface area contributed by atoms with Crippen molar-refractivity contribution in [3.05, 3.63) is 65.2 Å². The number of rotatable bonds is 3. The van der Waals surface area contributed by atoms with Crippen LogP contribution in [0.4, 0.5) is 11.6 Å². The Hall–Kier alpha value is -3.01. The molecule has 1 aliphatic carbocycles. The van der Waals surface area contributed by atoms with Gasteiger partial charge in [0.25, 0.3) is 0 Å². The number of fused-ring (bicyclic) bond motifs is 2. The van der Waals surface area contributed by atoms with E-state index in [9.17, 15) is 0 Å². The van der Waals surface area contributed by atoms with Crippen molar-refractivity contribution < 1.29 is 0 Å². The van der Waals surface area contributed by atoms with Gasteiger partial charge in [0.2, 0.25) is 0 Å². The van der Waals surface area contributed by atoms with Crippen LogP contribution in [0.1, 0.15) is 30.1 Å². The molecule has 2 aliphatic rings. The normalized spacial score (nSPS) is 19.0. The highest BCUT2D eigenvalue weighted by Gasteiger charge is 2.46. The van der Waals surface area contributed by atoms with E-state index in [4.69, 9.17) is 28.1 Å². The van der Waals surface area contributed by atoms with Gasteiger partial charge in [-0.2, -0.15) is 0 Å². The Balaban J connectivity index is 1.18. The van der Waals surface area contributed by atoms with Crippen molar-refractivity contribution in [1.82, 2.24) is 24.9 Å². The van der Waals surface area contributed by atoms with Gasteiger partial charge in [-0.1, -0.05) is 29.4 Å². The minimum absolute atomic E-state index is 0.00194. The number of halogens is 1. The van der Waals surface area contributed by atoms with Crippen LogP contribution in [0.15, 0.2) is 58.8 Å². The maximum Gasteiger partial charge on any atom is 0.179 e. The summed E-state index contributed by atoms with van der Waals surface area (Å²) < 4.78 is 0. The van der Waals surface area contributed by atoms with Gasteiger partial charge in [0, 0.05) is 30.4 Å². The number of hydrogen-bond acceptors (Lipinski definition) is 9. The standard InChI is InChI=1S/C24H23ClN8S/c25-19-16(5-9-29-22(19)27)34-18-4-3-15-23(32-18)30-13-17(31-15)33-10-6-24(7-11-33)12-14-2-1-8-28-20(14)21(24)26/h1-5,8-9,13,21H,6-7,10-12,26H2,(H2,27,29). The summed E-state index contributed by atoms with van der Waals surface area (Å²) in [5.41, 5.74) is 16.3. The molecule has 1 spiro atoms. The minimum atomic E-state index is -0.00194. The lowest BCUT2D eigenvalue weighted by Crippen LogP contribution is -2.44. The molecular formula is C24H23ClN8S. The topological polar surface area (TPSA) is 120 Å². The second-order valence-electron chi connectivity index (χ2n) is 8.88. The van der Waals surface area contributed by atoms with Crippen molar-refractivity contribution in [1.29, 1.82) is 0 Å². The lowest BCUT2D eigenvalue weighted by Gasteiger charge is -2.42. The molecule has 34 heavy (non-hydrogen) atoms. The molecule has 0 saturated carbocycles. The molecule has 1 unspecified atom stereocenters. The Morgan fingerprint density at radius 3 is 2.71 bits per heavy atom. The number of hydrogen-bond donors (Lipinski definition) is 2. The number of aromatic nitrogens is 5. The molecular weight excluding hydrogens is 468 g/mol. The van der Waals surface area contributed by atoms with Crippen LogP contribution in [0.5, 0.6) is 0 Å². The molecule has 4 aromatic rings. The van der Waals surface area contributed by atoms with Crippen LogP contribution in [-0.4, -0.2) is 38.0 Å². The maximum atomic E-state index is 6.66. The van der Waals surface area contributed by atoms with Crippen molar-refractivity contribution in [3.63, 3.8) is 0 Å². The van der Waals surface area contributed by atoms with Gasteiger partial charge in [-0.15, -0.1) is 0 Å². The van der Waals surface area contributed by atoms with E-state index in [1.54, 1.807) is 6.20 Å². The Morgan fingerprint density at radius 2 is 1.88 bits per heavy atom. The molecule has 6 rings (SSSR count). The zero-order valence-electron chi connectivity index (χ0n) is 18.4. The third kappa shape index (κ3) is 3.64. The highest BCUT2D eigenvalue weighted by Crippen LogP contribution is 2.50. The molecule has 0 bridgehead atoms. The quantitative estimate of drug-likeness (QED) is 0.438. The third-order valence-electron chi connectivity index (χ3n) is 6.97. The monoisotopic (exact) mass is 490 g/mol. The highest BCUT2D eigenvalue weighted by atomic mass is 35.5. The molecule has 4 N–H and O–H groups in total. The van der Waals surface area contributed by atoms with Crippen molar-refractivity contribution >= 4 is 46.2 Å². The van der Waals surface area contributed by atoms with Crippen molar-refractivity contribution in [2.45, 2.75) is 35.2 Å². The van der Waals surface area contributed by atoms with E-state index in [1.807, 2.05) is 36.7 Å². The second-order valence-corrected chi connectivity index (χ2v) is 10.3. The summed E-state index contributed by atoms with van der Waals surface area (Å²) in [6.45, 7) is 1.79. The first-order valence-electron chi connectivity index (χ1n) is 11.2. The van der Waals surface area contributed by atoms with Crippen LogP contribution in [-0.2, 0) is 6.42 Å². The smallest absolute Gasteiger partial charge is 0.179 e. The first-order chi connectivity index (χ1) is 16.5. The fourth-order valence-corrected chi connectivity index (χ4v) is 6.09. The first-order valence-corrected chi connectivity index (χ1v) is 12.4. The van der Waals surface area contributed by atoms with Gasteiger partial charge in [0.05, 0.1) is 23.0 Å². The van der Waals surface area contributed by atoms with Gasteiger partial charge in [-0.3, -0.25) is 4.98 Å². The Morgan fingerprint density at radius 1 is 1.03 bits per heavy atom. The van der Waals surface area contributed by atoms with Crippen LogP contribution in [0, 0.1) is 5.41 Å². The van der Waals surface area contributed by atoms with E-state index in [0.717, 1.165) is 59.3 Å². The van der Waals surface area contributed by atoms with E-state index < -0.39 is 0 Å². The summed E-state index contributed by atoms with van der Waals surface area (Å²) in [4.78, 5) is 25.7. The third-order valence-corrected chi connectivity index (χ3v) is 8.47. The Kier molecular flexibility index (Phi) is 5.28. The average molecular weight is 491 g/mol. The predicted molar refractivity (Wildman–Crippen MR) is 134 cm³/mol. The number of nitrogens with two attached hydrogens (primary N) is 2. The highest BCUT2D eigenvalue weighted by molar-refractivity contribution is 7.99. The number of piperidine rings is 1. The minimum Gasteiger partial charge on any atom is -0.382 e. The number of nitrogens with zero attached hydrogens (tertiary/aromatic N) is 6. The lowest BCUT2D eigenvalue weighted by molar-refractivity contribution is 0.186. The van der Waals surface area contributed by atoms with Crippen LogP contribution in [0.3, 0.4) is 0 Å². The fraction of sp³-hybridized carbons (Fsp3) is 0.292. The molecule has 8 nitrogen and oxygen atoms in total. The van der Waals surface area contributed by atoms with Gasteiger partial charge in [-0.05, 0) is 54.5 Å². The fourth-order valence-electron chi connectivity index (χ4n) is 5.05. The molecule has 4 aromatic heterocycles. The van der Waals surface area contributed by atoms with Gasteiger partial charge < -0.3 is 16.4 Å². The molecule has 172 valence electrons. The average Bonchev–Trinajstić information content (AvgIpc) is 3.13. The molecule has 1 aliphatic heterocycles. The summed E-state index contributed by atoms with van der Waals surface area (Å²) in [6, 6.07) is 9.85. The van der Waals surface area contributed by atoms with Crippen LogP contribution >= 0.6 is 23.4 Å². The van der Waals surface area contributed by atoms with Crippen LogP contribution in [0.2, 0.25) is 5.02 Å². The molecule has 1 fully saturated rings. The van der Waals surface area contributed by atoms with E-state index in [2.05, 4.69) is 30.9 Å². The van der Waals surface area contributed by atoms with Crippen LogP contribution < -0.4 is 16.4 Å². The van der Waals surface area contributed by atoms with E-state index in [1.165, 1.54) is 17.3 Å². The lowest BCUT2D eigenvalue weighted by atomic mass is 9.73. The Bertz CT molecular complexity index is 1390. The van der Waals surface area contributed by atoms with Crippen molar-refractivity contribution in [3.8, 4) is 0 Å². The summed E-state index contributed by atoms with van der Waals surface area (Å²) in [6.07, 6.45) is 8.31. The zero-order chi connectivity index (χ0) is 23.3. The largest absolute Gasteiger partial charge is 0.382 e. The van der Waals surface area contributed by atoms with E-state index in [0.29, 0.717) is 16.5 Å². The van der Waals surface area contributed by atoms with Crippen molar-refractivity contribution in [2.75, 3.05) is 23.7 Å². The first kappa shape index (κ1) is 21.5. The molecule has 1 saturated heterocycles. The summed E-state index contributed by atoms with van der Waals surface area (Å²) >= 11 is 7.69. The SMILES string of the molecule is Nc1nccc(Sc2ccc3nc(N4CCC5(CC4)Cc4cccnc4C5N)cnc3n2)c1Cl. The number of pyridine rings is 3. The van der Waals surface area contributed by atoms with Gasteiger partial charge in [-0.25, -0.2) is 19.9 Å². The Labute approximate surface area is 206 Å². The second kappa shape index (κ2) is 8.33. The summed E-state index contributed by atoms with van der Waals surface area (Å²) in [7, 11) is 0. The molecule has 0 amide bonds. The molecule has 1 atom stereocenters. The van der Waals surface area contributed by atoms with Crippen molar-refractivity contribution in [2.24, 2.45) is 11.1 Å². The van der Waals surface area contributed by atoms with Gasteiger partial charge in [0.15, 0.2) is 5.65 Å². The molecule has 0 aromatic carbocycles. The van der Waals surface area contributed by atoms with Crippen LogP contribution in [0.25, 0.3) is 11.2 Å². The van der Waals surface area contributed by atoms with Gasteiger partial charge >= 0.3 is 0 Å². The van der Waals surface area contributed by atoms with E-state index in [-0.39, 0.29) is 11.5 Å². The van der Waals surface area contributed by atoms with E-state index >= 15 is 0 Å². The summed E-state index contributed by atoms with van der Waals surface area (Å²) in [5.74, 6) is 1.18. The number of nitrogen functional groups attached to an aromatic ring is 1. The molecule has 0 radical (unpaired) electrons. The molecule has 10 heteroatoms.